The van der Waals surface area contributed by atoms with Gasteiger partial charge in [-0.1, -0.05) is 44.1 Å². The number of Topliss-reactive ketones (excluding diaryl/α,β-unsaturated/α-hetero) is 1. The van der Waals surface area contributed by atoms with E-state index in [0.29, 0.717) is 25.1 Å². The fourth-order valence-corrected chi connectivity index (χ4v) is 10.1. The van der Waals surface area contributed by atoms with Crippen molar-refractivity contribution in [2.75, 3.05) is 34.9 Å². The summed E-state index contributed by atoms with van der Waals surface area (Å²) in [5, 5.41) is 18.8. The van der Waals surface area contributed by atoms with Crippen molar-refractivity contribution < 1.29 is 48.0 Å². The lowest BCUT2D eigenvalue weighted by Gasteiger charge is -2.47. The van der Waals surface area contributed by atoms with Gasteiger partial charge < -0.3 is 38.5 Å². The summed E-state index contributed by atoms with van der Waals surface area (Å²) in [5.74, 6) is -4.18. The molecule has 332 valence electrons. The van der Waals surface area contributed by atoms with Gasteiger partial charge in [-0.05, 0) is 98.0 Å². The number of methoxy groups -OCH3 is 1. The normalized spacial score (nSPS) is 37.8. The number of benzene rings is 1. The van der Waals surface area contributed by atoms with Gasteiger partial charge in [0.1, 0.15) is 31.3 Å². The van der Waals surface area contributed by atoms with E-state index in [1.54, 1.807) is 21.0 Å². The number of hydrogen-bond donors (Lipinski definition) is 2. The molecule has 4 fully saturated rings. The third kappa shape index (κ3) is 9.22. The molecule has 2 N–H and O–H groups in total. The molecule has 60 heavy (non-hydrogen) atoms. The van der Waals surface area contributed by atoms with Crippen LogP contribution in [-0.4, -0.2) is 132 Å². The zero-order chi connectivity index (χ0) is 43.7. The van der Waals surface area contributed by atoms with Gasteiger partial charge in [0.15, 0.2) is 17.7 Å². The summed E-state index contributed by atoms with van der Waals surface area (Å²) in [6, 6.07) is 9.07. The summed E-state index contributed by atoms with van der Waals surface area (Å²) in [6.45, 7) is 13.3. The highest BCUT2D eigenvalue weighted by atomic mass is 16.7. The first-order valence-electron chi connectivity index (χ1n) is 21.6. The predicted molar refractivity (Wildman–Crippen MR) is 225 cm³/mol. The summed E-state index contributed by atoms with van der Waals surface area (Å²) in [7, 11) is 6.83. The van der Waals surface area contributed by atoms with Gasteiger partial charge in [0.2, 0.25) is 0 Å². The van der Waals surface area contributed by atoms with Gasteiger partial charge in [-0.25, -0.2) is 15.2 Å². The Bertz CT molecular complexity index is 1870. The third-order valence-corrected chi connectivity index (χ3v) is 13.5. The molecule has 4 aliphatic rings. The number of ketones is 1. The Balaban J connectivity index is 1.36. The number of likely N-dealkylation sites (N-methyl/N-ethyl adjacent to an activating group) is 1. The number of para-hydroxylation sites is 1. The van der Waals surface area contributed by atoms with E-state index < -0.39 is 77.4 Å². The lowest BCUT2D eigenvalue weighted by atomic mass is 9.73. The highest BCUT2D eigenvalue weighted by Crippen LogP contribution is 2.48. The molecule has 3 aliphatic heterocycles. The average molecular weight is 838 g/mol. The number of aromatic nitrogens is 1. The third-order valence-electron chi connectivity index (χ3n) is 13.5. The number of carbonyl (C=O) groups is 3. The van der Waals surface area contributed by atoms with E-state index in [-0.39, 0.29) is 30.4 Å². The van der Waals surface area contributed by atoms with Crippen LogP contribution in [0.4, 0.5) is 4.79 Å². The van der Waals surface area contributed by atoms with Crippen LogP contribution in [0.25, 0.3) is 10.9 Å². The molecule has 1 amide bonds. The van der Waals surface area contributed by atoms with E-state index in [2.05, 4.69) is 21.6 Å². The zero-order valence-electron chi connectivity index (χ0n) is 37.3. The maximum atomic E-state index is 14.5. The summed E-state index contributed by atoms with van der Waals surface area (Å²) < 4.78 is 32.0. The molecular formula is C45H67N5O10. The number of carbonyl (C=O) groups excluding carboxylic acids is 3. The zero-order valence-corrected chi connectivity index (χ0v) is 37.3. The van der Waals surface area contributed by atoms with E-state index in [4.69, 9.17) is 28.5 Å². The largest absolute Gasteiger partial charge is 0.457 e. The van der Waals surface area contributed by atoms with Crippen LogP contribution in [0.5, 0.6) is 0 Å². The Hall–Kier alpha value is -3.73. The molecule has 1 saturated carbocycles. The molecule has 0 bridgehead atoms. The van der Waals surface area contributed by atoms with Crippen molar-refractivity contribution in [3.63, 3.8) is 0 Å². The number of amides is 1. The first-order chi connectivity index (χ1) is 28.4. The lowest BCUT2D eigenvalue weighted by Crippen LogP contribution is -2.62. The number of cyclic esters (lactones) is 1. The number of rotatable bonds is 11. The maximum absolute atomic E-state index is 14.5. The minimum Gasteiger partial charge on any atom is -0.457 e. The molecule has 3 saturated heterocycles. The Kier molecular flexibility index (Phi) is 14.3. The van der Waals surface area contributed by atoms with Crippen molar-refractivity contribution in [3.05, 3.63) is 42.1 Å². The van der Waals surface area contributed by atoms with Crippen LogP contribution < -0.4 is 5.43 Å². The predicted octanol–water partition coefficient (Wildman–Crippen LogP) is 5.31. The van der Waals surface area contributed by atoms with E-state index in [0.717, 1.165) is 35.7 Å². The monoisotopic (exact) mass is 837 g/mol. The van der Waals surface area contributed by atoms with Gasteiger partial charge in [0.05, 0.1) is 29.0 Å². The number of aryl methyl sites for hydroxylation is 1. The number of nitrogens with one attached hydrogen (secondary N) is 1. The highest BCUT2D eigenvalue weighted by molar-refractivity contribution is 6.00. The van der Waals surface area contributed by atoms with Crippen LogP contribution in [0.15, 0.2) is 41.7 Å². The smallest absolute Gasteiger partial charge is 0.425 e. The van der Waals surface area contributed by atoms with Crippen molar-refractivity contribution in [1.82, 2.24) is 20.3 Å². The topological polar surface area (TPSA) is 171 Å². The second kappa shape index (κ2) is 18.7. The van der Waals surface area contributed by atoms with Gasteiger partial charge in [-0.15, -0.1) is 0 Å². The van der Waals surface area contributed by atoms with Gasteiger partial charge in [-0.2, -0.15) is 0 Å². The fourth-order valence-electron chi connectivity index (χ4n) is 10.1. The average Bonchev–Trinajstić information content (AvgIpc) is 4.02. The molecule has 0 spiro atoms. The quantitative estimate of drug-likeness (QED) is 0.129. The first kappa shape index (κ1) is 45.8. The number of aliphatic hydroxyl groups is 1. The Labute approximate surface area is 354 Å². The summed E-state index contributed by atoms with van der Waals surface area (Å²) in [4.78, 5) is 54.9. The molecule has 2 aromatic rings. The van der Waals surface area contributed by atoms with Gasteiger partial charge in [0, 0.05) is 55.0 Å². The lowest BCUT2D eigenvalue weighted by molar-refractivity contribution is -0.295. The number of ether oxygens (including phenoxy) is 5. The number of hydrogen-bond acceptors (Lipinski definition) is 14. The van der Waals surface area contributed by atoms with Crippen LogP contribution in [-0.2, 0) is 44.5 Å². The Morgan fingerprint density at radius 3 is 2.42 bits per heavy atom. The number of aliphatic hydroxyl groups excluding tert-OH is 1. The Morgan fingerprint density at radius 2 is 1.75 bits per heavy atom. The van der Waals surface area contributed by atoms with E-state index >= 15 is 0 Å². The van der Waals surface area contributed by atoms with Gasteiger partial charge in [0.25, 0.3) is 0 Å². The number of pyridine rings is 1. The molecule has 0 radical (unpaired) electrons. The summed E-state index contributed by atoms with van der Waals surface area (Å²) in [6.07, 6.45) is 0.877. The number of oxime groups is 1. The standard InChI is InChI=1S/C45H67N5O10/c1-25-24-44(6,55-10)39(59-42-37(52)34(49(8)9)23-26(2)57-42)28(4)36(51)29(5)41(53)58-40(31-18-19-31)45(7)38(27(3)35(25)48-56-11)50(43(54)60-45)47-21-14-15-30-20-22-46-33-17-13-12-16-32(30)33/h12-13,16-17,20,22,25-29,31,34,37-40,42,47,52H,14-15,18-19,21,23-24H2,1-11H3/b48-35+/t25-,26-,27+,28+,29-,34+,37-,38?,39-,40-,42?,44+,45+/m1/s1. The van der Waals surface area contributed by atoms with Crippen molar-refractivity contribution in [2.24, 2.45) is 34.7 Å². The summed E-state index contributed by atoms with van der Waals surface area (Å²) >= 11 is 0. The van der Waals surface area contributed by atoms with E-state index in [9.17, 15) is 19.5 Å². The minimum atomic E-state index is -1.33. The molecule has 2 unspecified atom stereocenters. The molecule has 1 aromatic heterocycles. The van der Waals surface area contributed by atoms with E-state index in [1.165, 1.54) is 12.1 Å². The van der Waals surface area contributed by atoms with E-state index in [1.807, 2.05) is 84.1 Å². The molecule has 1 aromatic carbocycles. The SMILES string of the molecule is CO/N=C1\[C@H](C)C[C@](C)(OC)[C@H](OC2O[C@H](C)C[C@H](N(C)C)[C@H]2O)[C@@H](C)C(=O)[C@@H](C)C(=O)O[C@H](C2CC2)[C@@]2(C)OC(=O)N(NCCCc3ccnc4ccccc34)C2[C@H]1C. The van der Waals surface area contributed by atoms with Crippen LogP contribution in [0.3, 0.4) is 0 Å². The minimum absolute atomic E-state index is 0.0846. The molecular weight excluding hydrogens is 771 g/mol. The molecule has 1 aliphatic carbocycles. The van der Waals surface area contributed by atoms with Gasteiger partial charge in [-0.3, -0.25) is 14.6 Å². The molecule has 13 atom stereocenters. The van der Waals surface area contributed by atoms with Crippen LogP contribution in [0.1, 0.15) is 86.1 Å². The number of fused-ring (bicyclic) bond motifs is 2. The molecule has 15 heteroatoms. The second-order valence-electron chi connectivity index (χ2n) is 18.2. The van der Waals surface area contributed by atoms with Crippen LogP contribution >= 0.6 is 0 Å². The molecule has 6 rings (SSSR count). The number of nitrogens with zero attached hydrogens (tertiary/aromatic N) is 4. The van der Waals surface area contributed by atoms with Gasteiger partial charge >= 0.3 is 12.1 Å². The molecule has 4 heterocycles. The first-order valence-corrected chi connectivity index (χ1v) is 21.6. The Morgan fingerprint density at radius 1 is 1.03 bits per heavy atom. The fraction of sp³-hybridized carbons (Fsp3) is 0.711. The summed E-state index contributed by atoms with van der Waals surface area (Å²) in [5.41, 5.74) is 3.57. The van der Waals surface area contributed by atoms with Crippen molar-refractivity contribution >= 4 is 34.5 Å². The van der Waals surface area contributed by atoms with Crippen molar-refractivity contribution in [3.8, 4) is 0 Å². The molecule has 15 nitrogen and oxygen atoms in total. The van der Waals surface area contributed by atoms with Crippen molar-refractivity contribution in [2.45, 2.75) is 141 Å². The van der Waals surface area contributed by atoms with Crippen molar-refractivity contribution in [1.29, 1.82) is 0 Å². The highest BCUT2D eigenvalue weighted by Gasteiger charge is 2.63. The maximum Gasteiger partial charge on any atom is 0.425 e. The number of hydrazine groups is 1. The van der Waals surface area contributed by atoms with Crippen LogP contribution in [0.2, 0.25) is 0 Å². The number of esters is 1. The van der Waals surface area contributed by atoms with Crippen LogP contribution in [0, 0.1) is 29.6 Å². The second-order valence-corrected chi connectivity index (χ2v) is 18.2.